The van der Waals surface area contributed by atoms with Gasteiger partial charge in [0.15, 0.2) is 0 Å². The Morgan fingerprint density at radius 3 is 2.37 bits per heavy atom. The van der Waals surface area contributed by atoms with Crippen LogP contribution in [0.1, 0.15) is 36.7 Å². The van der Waals surface area contributed by atoms with Crippen molar-refractivity contribution in [3.05, 3.63) is 29.3 Å². The normalized spacial score (nSPS) is 10.8. The standard InChI is InChI=1S/C14H19NO4/c1-9-6-7-10(12(16)18-5)11(8-9)15-13(17)19-14(2,3)4/h6-8H,1-5H3,(H,15,17). The molecule has 0 aliphatic heterocycles. The van der Waals surface area contributed by atoms with E-state index < -0.39 is 17.7 Å². The molecule has 0 aliphatic rings. The minimum Gasteiger partial charge on any atom is -0.465 e. The second kappa shape index (κ2) is 5.73. The van der Waals surface area contributed by atoms with E-state index in [-0.39, 0.29) is 0 Å². The van der Waals surface area contributed by atoms with E-state index in [0.717, 1.165) is 5.56 Å². The first-order chi connectivity index (χ1) is 8.73. The number of anilines is 1. The highest BCUT2D eigenvalue weighted by molar-refractivity contribution is 5.99. The first-order valence-corrected chi connectivity index (χ1v) is 5.92. The summed E-state index contributed by atoms with van der Waals surface area (Å²) in [5.41, 5.74) is 0.984. The molecule has 0 unspecified atom stereocenters. The van der Waals surface area contributed by atoms with Crippen LogP contribution in [0.15, 0.2) is 18.2 Å². The van der Waals surface area contributed by atoms with Gasteiger partial charge in [-0.25, -0.2) is 9.59 Å². The molecule has 19 heavy (non-hydrogen) atoms. The highest BCUT2D eigenvalue weighted by Crippen LogP contribution is 2.19. The molecule has 0 heterocycles. The highest BCUT2D eigenvalue weighted by Gasteiger charge is 2.19. The van der Waals surface area contributed by atoms with Crippen LogP contribution in [0.4, 0.5) is 10.5 Å². The average molecular weight is 265 g/mol. The molecule has 0 radical (unpaired) electrons. The second-order valence-corrected chi connectivity index (χ2v) is 5.17. The Labute approximate surface area is 112 Å². The number of hydrogen-bond donors (Lipinski definition) is 1. The average Bonchev–Trinajstić information content (AvgIpc) is 2.25. The Morgan fingerprint density at radius 2 is 1.84 bits per heavy atom. The summed E-state index contributed by atoms with van der Waals surface area (Å²) in [6.07, 6.45) is -0.608. The largest absolute Gasteiger partial charge is 0.465 e. The lowest BCUT2D eigenvalue weighted by Crippen LogP contribution is -2.27. The summed E-state index contributed by atoms with van der Waals surface area (Å²) in [7, 11) is 1.29. The van der Waals surface area contributed by atoms with E-state index in [4.69, 9.17) is 4.74 Å². The number of benzene rings is 1. The van der Waals surface area contributed by atoms with Crippen molar-refractivity contribution in [3.63, 3.8) is 0 Å². The Bertz CT molecular complexity index is 489. The van der Waals surface area contributed by atoms with Gasteiger partial charge in [-0.3, -0.25) is 5.32 Å². The Kier molecular flexibility index (Phi) is 4.53. The maximum absolute atomic E-state index is 11.7. The maximum Gasteiger partial charge on any atom is 0.412 e. The number of methoxy groups -OCH3 is 1. The van der Waals surface area contributed by atoms with E-state index >= 15 is 0 Å². The van der Waals surface area contributed by atoms with Crippen LogP contribution in [0, 0.1) is 6.92 Å². The Hall–Kier alpha value is -2.04. The first kappa shape index (κ1) is 15.0. The first-order valence-electron chi connectivity index (χ1n) is 5.92. The monoisotopic (exact) mass is 265 g/mol. The minimum atomic E-state index is -0.608. The fraction of sp³-hybridized carbons (Fsp3) is 0.429. The summed E-state index contributed by atoms with van der Waals surface area (Å²) in [5.74, 6) is -0.508. The molecule has 5 heteroatoms. The van der Waals surface area contributed by atoms with Gasteiger partial charge in [-0.1, -0.05) is 6.07 Å². The quantitative estimate of drug-likeness (QED) is 0.834. The zero-order valence-corrected chi connectivity index (χ0v) is 11.9. The number of hydrogen-bond acceptors (Lipinski definition) is 4. The third-order valence-electron chi connectivity index (χ3n) is 2.22. The molecule has 1 rings (SSSR count). The van der Waals surface area contributed by atoms with Gasteiger partial charge in [0.2, 0.25) is 0 Å². The molecule has 0 saturated carbocycles. The smallest absolute Gasteiger partial charge is 0.412 e. The van der Waals surface area contributed by atoms with Crippen LogP contribution in [-0.2, 0) is 9.47 Å². The van der Waals surface area contributed by atoms with Crippen molar-refractivity contribution in [2.75, 3.05) is 12.4 Å². The second-order valence-electron chi connectivity index (χ2n) is 5.17. The molecular weight excluding hydrogens is 246 g/mol. The molecule has 5 nitrogen and oxygen atoms in total. The maximum atomic E-state index is 11.7. The number of carbonyl (C=O) groups is 2. The van der Waals surface area contributed by atoms with Crippen molar-refractivity contribution in [2.24, 2.45) is 0 Å². The molecule has 1 aromatic carbocycles. The highest BCUT2D eigenvalue weighted by atomic mass is 16.6. The van der Waals surface area contributed by atoms with Gasteiger partial charge >= 0.3 is 12.1 Å². The molecule has 0 saturated heterocycles. The number of rotatable bonds is 2. The van der Waals surface area contributed by atoms with Crippen LogP contribution < -0.4 is 5.32 Å². The van der Waals surface area contributed by atoms with Gasteiger partial charge in [0, 0.05) is 0 Å². The number of carbonyl (C=O) groups excluding carboxylic acids is 2. The third kappa shape index (κ3) is 4.62. The lowest BCUT2D eigenvalue weighted by molar-refractivity contribution is 0.0602. The van der Waals surface area contributed by atoms with E-state index in [9.17, 15) is 9.59 Å². The number of esters is 1. The fourth-order valence-electron chi connectivity index (χ4n) is 1.46. The van der Waals surface area contributed by atoms with E-state index in [1.54, 1.807) is 39.0 Å². The van der Waals surface area contributed by atoms with Gasteiger partial charge in [-0.15, -0.1) is 0 Å². The van der Waals surface area contributed by atoms with Crippen LogP contribution in [0.25, 0.3) is 0 Å². The molecule has 1 N–H and O–H groups in total. The molecule has 1 aromatic rings. The van der Waals surface area contributed by atoms with Gasteiger partial charge in [0.25, 0.3) is 0 Å². The molecular formula is C14H19NO4. The van der Waals surface area contributed by atoms with Gasteiger partial charge in [0.05, 0.1) is 18.4 Å². The Morgan fingerprint density at radius 1 is 1.21 bits per heavy atom. The van der Waals surface area contributed by atoms with E-state index in [0.29, 0.717) is 11.3 Å². The molecule has 0 bridgehead atoms. The lowest BCUT2D eigenvalue weighted by atomic mass is 10.1. The summed E-state index contributed by atoms with van der Waals surface area (Å²) in [6.45, 7) is 7.17. The topological polar surface area (TPSA) is 64.6 Å². The Balaban J connectivity index is 2.96. The zero-order chi connectivity index (χ0) is 14.6. The van der Waals surface area contributed by atoms with Gasteiger partial charge in [-0.2, -0.15) is 0 Å². The number of ether oxygens (including phenoxy) is 2. The lowest BCUT2D eigenvalue weighted by Gasteiger charge is -2.20. The summed E-state index contributed by atoms with van der Waals surface area (Å²) in [4.78, 5) is 23.3. The molecule has 0 atom stereocenters. The number of amides is 1. The molecule has 0 fully saturated rings. The summed E-state index contributed by atoms with van der Waals surface area (Å²) >= 11 is 0. The zero-order valence-electron chi connectivity index (χ0n) is 11.9. The van der Waals surface area contributed by atoms with Crippen LogP contribution in [0.2, 0.25) is 0 Å². The third-order valence-corrected chi connectivity index (χ3v) is 2.22. The molecule has 104 valence electrons. The van der Waals surface area contributed by atoms with Gasteiger partial charge in [-0.05, 0) is 45.4 Å². The van der Waals surface area contributed by atoms with E-state index in [1.807, 2.05) is 6.92 Å². The van der Waals surface area contributed by atoms with E-state index in [1.165, 1.54) is 7.11 Å². The minimum absolute atomic E-state index is 0.291. The van der Waals surface area contributed by atoms with E-state index in [2.05, 4.69) is 10.1 Å². The van der Waals surface area contributed by atoms with Crippen LogP contribution in [-0.4, -0.2) is 24.8 Å². The van der Waals surface area contributed by atoms with Crippen LogP contribution in [0.3, 0.4) is 0 Å². The SMILES string of the molecule is COC(=O)c1ccc(C)cc1NC(=O)OC(C)(C)C. The summed E-state index contributed by atoms with van der Waals surface area (Å²) < 4.78 is 9.82. The predicted octanol–water partition coefficient (Wildman–Crippen LogP) is 3.13. The van der Waals surface area contributed by atoms with Gasteiger partial charge in [0.1, 0.15) is 5.60 Å². The van der Waals surface area contributed by atoms with Crippen molar-refractivity contribution in [2.45, 2.75) is 33.3 Å². The van der Waals surface area contributed by atoms with Crippen molar-refractivity contribution < 1.29 is 19.1 Å². The molecule has 0 aliphatic carbocycles. The molecule has 1 amide bonds. The predicted molar refractivity (Wildman–Crippen MR) is 72.4 cm³/mol. The van der Waals surface area contributed by atoms with Gasteiger partial charge < -0.3 is 9.47 Å². The molecule has 0 aromatic heterocycles. The van der Waals surface area contributed by atoms with Crippen molar-refractivity contribution in [1.29, 1.82) is 0 Å². The molecule has 0 spiro atoms. The number of nitrogens with one attached hydrogen (secondary N) is 1. The number of aryl methyl sites for hydroxylation is 1. The van der Waals surface area contributed by atoms with Crippen molar-refractivity contribution >= 4 is 17.7 Å². The van der Waals surface area contributed by atoms with Crippen molar-refractivity contribution in [3.8, 4) is 0 Å². The van der Waals surface area contributed by atoms with Crippen molar-refractivity contribution in [1.82, 2.24) is 0 Å². The summed E-state index contributed by atoms with van der Waals surface area (Å²) in [5, 5.41) is 2.56. The summed E-state index contributed by atoms with van der Waals surface area (Å²) in [6, 6.07) is 5.07. The van der Waals surface area contributed by atoms with Crippen LogP contribution >= 0.6 is 0 Å². The van der Waals surface area contributed by atoms with Crippen LogP contribution in [0.5, 0.6) is 0 Å². The fourth-order valence-corrected chi connectivity index (χ4v) is 1.46.